The molecule has 0 amide bonds. The Hall–Kier alpha value is -1.34. The maximum Gasteiger partial charge on any atom is 0.390 e. The van der Waals surface area contributed by atoms with Crippen molar-refractivity contribution in [3.8, 4) is 0 Å². The fourth-order valence-electron chi connectivity index (χ4n) is 3.52. The fourth-order valence-corrected chi connectivity index (χ4v) is 6.23. The van der Waals surface area contributed by atoms with Gasteiger partial charge >= 0.3 is 8.80 Å². The van der Waals surface area contributed by atoms with Crippen LogP contribution in [0, 0.1) is 0 Å². The normalized spacial score (nSPS) is 10.8. The first-order valence-corrected chi connectivity index (χ1v) is 12.1. The SMILES string of the molecule is CCCCCCCCCCCC[Si+](c1ccccc1)c1ccccc1. The molecule has 0 unspecified atom stereocenters. The van der Waals surface area contributed by atoms with Crippen LogP contribution in [0.3, 0.4) is 0 Å². The maximum absolute atomic E-state index is 2.33. The summed E-state index contributed by atoms with van der Waals surface area (Å²) in [6, 6.07) is 23.7. The molecule has 2 rings (SSSR count). The highest BCUT2D eigenvalue weighted by atomic mass is 28.3. The summed E-state index contributed by atoms with van der Waals surface area (Å²) in [5.41, 5.74) is 0. The molecule has 134 valence electrons. The summed E-state index contributed by atoms with van der Waals surface area (Å²) in [5, 5.41) is 3.13. The van der Waals surface area contributed by atoms with E-state index in [0.29, 0.717) is 0 Å². The minimum absolute atomic E-state index is 0.607. The zero-order valence-electron chi connectivity index (χ0n) is 16.1. The van der Waals surface area contributed by atoms with Crippen LogP contribution in [0.2, 0.25) is 6.04 Å². The first-order valence-electron chi connectivity index (χ1n) is 10.4. The van der Waals surface area contributed by atoms with Crippen molar-refractivity contribution in [1.29, 1.82) is 0 Å². The molecule has 0 bridgehead atoms. The van der Waals surface area contributed by atoms with E-state index in [4.69, 9.17) is 0 Å². The summed E-state index contributed by atoms with van der Waals surface area (Å²) in [6.07, 6.45) is 14.2. The minimum Gasteiger partial charge on any atom is -0.0654 e. The highest BCUT2D eigenvalue weighted by Gasteiger charge is 2.31. The van der Waals surface area contributed by atoms with Crippen molar-refractivity contribution < 1.29 is 0 Å². The third kappa shape index (κ3) is 8.05. The third-order valence-electron chi connectivity index (χ3n) is 5.02. The van der Waals surface area contributed by atoms with E-state index in [0.717, 1.165) is 0 Å². The van der Waals surface area contributed by atoms with E-state index in [1.165, 1.54) is 70.3 Å². The number of benzene rings is 2. The van der Waals surface area contributed by atoms with Crippen LogP contribution in [0.4, 0.5) is 0 Å². The molecule has 1 heteroatoms. The molecule has 0 fully saturated rings. The first kappa shape index (κ1) is 20.0. The van der Waals surface area contributed by atoms with Crippen LogP contribution < -0.4 is 10.4 Å². The Bertz CT molecular complexity index is 495. The molecule has 0 saturated heterocycles. The largest absolute Gasteiger partial charge is 0.390 e. The van der Waals surface area contributed by atoms with Crippen molar-refractivity contribution in [1.82, 2.24) is 0 Å². The molecule has 0 aliphatic carbocycles. The van der Waals surface area contributed by atoms with Crippen molar-refractivity contribution in [3.63, 3.8) is 0 Å². The second kappa shape index (κ2) is 12.9. The Balaban J connectivity index is 1.69. The highest BCUT2D eigenvalue weighted by Crippen LogP contribution is 2.12. The Kier molecular flexibility index (Phi) is 10.3. The van der Waals surface area contributed by atoms with E-state index in [-0.39, 0.29) is 0 Å². The average Bonchev–Trinajstić information content (AvgIpc) is 2.67. The van der Waals surface area contributed by atoms with E-state index in [9.17, 15) is 0 Å². The molecule has 0 heterocycles. The van der Waals surface area contributed by atoms with Gasteiger partial charge in [0.15, 0.2) is 0 Å². The number of unbranched alkanes of at least 4 members (excludes halogenated alkanes) is 9. The Morgan fingerprint density at radius 3 is 1.36 bits per heavy atom. The van der Waals surface area contributed by atoms with Gasteiger partial charge in [0.05, 0.1) is 6.04 Å². The van der Waals surface area contributed by atoms with Crippen molar-refractivity contribution in [3.05, 3.63) is 60.7 Å². The summed E-state index contributed by atoms with van der Waals surface area (Å²) in [4.78, 5) is 0. The predicted octanol–water partition coefficient (Wildman–Crippen LogP) is 6.22. The van der Waals surface area contributed by atoms with E-state index in [1.54, 1.807) is 10.4 Å². The molecule has 0 aliphatic rings. The molecule has 2 aromatic carbocycles. The van der Waals surface area contributed by atoms with E-state index < -0.39 is 8.80 Å². The van der Waals surface area contributed by atoms with Gasteiger partial charge in [0, 0.05) is 0 Å². The average molecular weight is 352 g/mol. The van der Waals surface area contributed by atoms with Gasteiger partial charge in [0.2, 0.25) is 0 Å². The maximum atomic E-state index is 2.33. The summed E-state index contributed by atoms with van der Waals surface area (Å²) in [5.74, 6) is 0. The molecule has 25 heavy (non-hydrogen) atoms. The van der Waals surface area contributed by atoms with Gasteiger partial charge in [-0.25, -0.2) is 0 Å². The monoisotopic (exact) mass is 351 g/mol. The predicted molar refractivity (Wildman–Crippen MR) is 115 cm³/mol. The smallest absolute Gasteiger partial charge is 0.0654 e. The second-order valence-electron chi connectivity index (χ2n) is 7.14. The third-order valence-corrected chi connectivity index (χ3v) is 7.94. The lowest BCUT2D eigenvalue weighted by atomic mass is 10.1. The van der Waals surface area contributed by atoms with Crippen LogP contribution in [-0.2, 0) is 0 Å². The quantitative estimate of drug-likeness (QED) is 0.297. The van der Waals surface area contributed by atoms with Crippen LogP contribution in [0.5, 0.6) is 0 Å². The molecule has 0 saturated carbocycles. The van der Waals surface area contributed by atoms with Gasteiger partial charge in [-0.1, -0.05) is 101 Å². The summed E-state index contributed by atoms with van der Waals surface area (Å²) < 4.78 is 0. The Morgan fingerprint density at radius 1 is 0.520 bits per heavy atom. The Morgan fingerprint density at radius 2 is 0.920 bits per heavy atom. The lowest BCUT2D eigenvalue weighted by Gasteiger charge is -2.04. The van der Waals surface area contributed by atoms with Crippen LogP contribution in [0.1, 0.15) is 71.1 Å². The second-order valence-corrected chi connectivity index (χ2v) is 9.75. The van der Waals surface area contributed by atoms with Crippen molar-refractivity contribution in [2.75, 3.05) is 0 Å². The van der Waals surface area contributed by atoms with Gasteiger partial charge in [-0.3, -0.25) is 0 Å². The van der Waals surface area contributed by atoms with Crippen LogP contribution in [0.25, 0.3) is 0 Å². The van der Waals surface area contributed by atoms with Crippen LogP contribution >= 0.6 is 0 Å². The molecule has 0 spiro atoms. The summed E-state index contributed by atoms with van der Waals surface area (Å²) >= 11 is 0. The lowest BCUT2D eigenvalue weighted by molar-refractivity contribution is 0.562. The van der Waals surface area contributed by atoms with E-state index in [2.05, 4.69) is 67.6 Å². The zero-order chi connectivity index (χ0) is 17.6. The molecule has 0 atom stereocenters. The van der Waals surface area contributed by atoms with Gasteiger partial charge in [-0.05, 0) is 30.7 Å². The minimum atomic E-state index is -0.607. The molecule has 0 radical (unpaired) electrons. The van der Waals surface area contributed by atoms with Gasteiger partial charge in [0.25, 0.3) is 0 Å². The van der Waals surface area contributed by atoms with Gasteiger partial charge in [-0.2, -0.15) is 0 Å². The van der Waals surface area contributed by atoms with Gasteiger partial charge in [0.1, 0.15) is 10.4 Å². The molecule has 0 aliphatic heterocycles. The fraction of sp³-hybridized carbons (Fsp3) is 0.500. The zero-order valence-corrected chi connectivity index (χ0v) is 17.1. The van der Waals surface area contributed by atoms with E-state index in [1.807, 2.05) is 0 Å². The van der Waals surface area contributed by atoms with E-state index >= 15 is 0 Å². The van der Waals surface area contributed by atoms with Crippen LogP contribution in [0.15, 0.2) is 60.7 Å². The molecule has 0 N–H and O–H groups in total. The number of rotatable bonds is 13. The standard InChI is InChI=1S/C24H35Si/c1-2-3-4-5-6-7-8-9-10-17-22-25(23-18-13-11-14-19-23)24-20-15-12-16-21-24/h11-16,18-21H,2-10,17,22H2,1H3/q+1. The van der Waals surface area contributed by atoms with Crippen molar-refractivity contribution in [2.45, 2.75) is 77.2 Å². The molecule has 0 nitrogen and oxygen atoms in total. The van der Waals surface area contributed by atoms with Crippen molar-refractivity contribution in [2.24, 2.45) is 0 Å². The summed E-state index contributed by atoms with van der Waals surface area (Å²) in [6.45, 7) is 2.29. The van der Waals surface area contributed by atoms with Crippen LogP contribution in [-0.4, -0.2) is 8.80 Å². The topological polar surface area (TPSA) is 0 Å². The van der Waals surface area contributed by atoms with Gasteiger partial charge in [-0.15, -0.1) is 0 Å². The first-order chi connectivity index (χ1) is 12.4. The molecular formula is C24H35Si+. The number of hydrogen-bond acceptors (Lipinski definition) is 0. The Labute approximate surface area is 157 Å². The highest BCUT2D eigenvalue weighted by molar-refractivity contribution is 6.85. The molecule has 0 aromatic heterocycles. The molecular weight excluding hydrogens is 316 g/mol. The molecule has 2 aromatic rings. The van der Waals surface area contributed by atoms with Gasteiger partial charge < -0.3 is 0 Å². The number of hydrogen-bond donors (Lipinski definition) is 0. The summed E-state index contributed by atoms with van der Waals surface area (Å²) in [7, 11) is -0.607. The van der Waals surface area contributed by atoms with Crippen molar-refractivity contribution >= 4 is 19.2 Å². The lowest BCUT2D eigenvalue weighted by Crippen LogP contribution is -2.41.